The van der Waals surface area contributed by atoms with Gasteiger partial charge in [0.05, 0.1) is 17.2 Å². The first kappa shape index (κ1) is 16.4. The lowest BCUT2D eigenvalue weighted by molar-refractivity contribution is 0.210. The van der Waals surface area contributed by atoms with E-state index in [1.54, 1.807) is 0 Å². The number of nitrogens with zero attached hydrogens (tertiary/aromatic N) is 3. The lowest BCUT2D eigenvalue weighted by Crippen LogP contribution is -2.34. The van der Waals surface area contributed by atoms with Crippen molar-refractivity contribution in [1.29, 1.82) is 0 Å². The van der Waals surface area contributed by atoms with Crippen LogP contribution in [0.4, 0.5) is 0 Å². The van der Waals surface area contributed by atoms with Crippen LogP contribution < -0.4 is 0 Å². The first-order valence-electron chi connectivity index (χ1n) is 8.54. The van der Waals surface area contributed by atoms with Crippen LogP contribution in [-0.2, 0) is 13.1 Å². The van der Waals surface area contributed by atoms with Crippen molar-refractivity contribution in [2.75, 3.05) is 6.54 Å². The standard InChI is InChI=1S/C18H26N4S/c1-5-14(6-2)7-8-21-11-15-13(4)19-9-16-17(15)22(10-12(21)3)18(23)20-16/h7,9,12H,5-6,8,10-11H2,1-4H3,(H,20,23). The summed E-state index contributed by atoms with van der Waals surface area (Å²) in [4.78, 5) is 10.4. The van der Waals surface area contributed by atoms with Gasteiger partial charge < -0.3 is 9.55 Å². The predicted molar refractivity (Wildman–Crippen MR) is 98.2 cm³/mol. The smallest absolute Gasteiger partial charge is 0.178 e. The van der Waals surface area contributed by atoms with E-state index >= 15 is 0 Å². The van der Waals surface area contributed by atoms with E-state index in [4.69, 9.17) is 12.2 Å². The topological polar surface area (TPSA) is 36.9 Å². The number of aromatic nitrogens is 3. The van der Waals surface area contributed by atoms with Crippen LogP contribution in [0.15, 0.2) is 17.8 Å². The van der Waals surface area contributed by atoms with Crippen molar-refractivity contribution in [1.82, 2.24) is 19.4 Å². The van der Waals surface area contributed by atoms with Crippen LogP contribution in [0, 0.1) is 11.7 Å². The molecule has 0 aliphatic carbocycles. The van der Waals surface area contributed by atoms with Crippen LogP contribution in [-0.4, -0.2) is 32.0 Å². The van der Waals surface area contributed by atoms with Crippen LogP contribution in [0.2, 0.25) is 0 Å². The summed E-state index contributed by atoms with van der Waals surface area (Å²) in [6.45, 7) is 11.7. The fourth-order valence-electron chi connectivity index (χ4n) is 3.45. The molecule has 1 N–H and O–H groups in total. The van der Waals surface area contributed by atoms with E-state index in [0.717, 1.165) is 48.5 Å². The molecule has 23 heavy (non-hydrogen) atoms. The maximum atomic E-state index is 5.53. The zero-order chi connectivity index (χ0) is 16.6. The van der Waals surface area contributed by atoms with Crippen molar-refractivity contribution < 1.29 is 0 Å². The summed E-state index contributed by atoms with van der Waals surface area (Å²) < 4.78 is 3.06. The number of pyridine rings is 1. The molecule has 0 spiro atoms. The fraction of sp³-hybridized carbons (Fsp3) is 0.556. The number of hydrogen-bond donors (Lipinski definition) is 1. The molecule has 1 aliphatic heterocycles. The molecule has 124 valence electrons. The van der Waals surface area contributed by atoms with E-state index < -0.39 is 0 Å². The van der Waals surface area contributed by atoms with Gasteiger partial charge in [-0.2, -0.15) is 0 Å². The summed E-state index contributed by atoms with van der Waals surface area (Å²) >= 11 is 5.53. The Morgan fingerprint density at radius 2 is 2.17 bits per heavy atom. The minimum Gasteiger partial charge on any atom is -0.329 e. The molecule has 1 atom stereocenters. The molecule has 3 rings (SSSR count). The molecule has 2 aromatic rings. The third-order valence-corrected chi connectivity index (χ3v) is 5.40. The molecule has 0 bridgehead atoms. The molecule has 2 aromatic heterocycles. The number of aryl methyl sites for hydroxylation is 1. The molecule has 0 saturated heterocycles. The van der Waals surface area contributed by atoms with Crippen LogP contribution in [0.5, 0.6) is 0 Å². The zero-order valence-electron chi connectivity index (χ0n) is 14.5. The van der Waals surface area contributed by atoms with Gasteiger partial charge in [0.1, 0.15) is 0 Å². The number of aromatic amines is 1. The Labute approximate surface area is 143 Å². The average Bonchev–Trinajstić information content (AvgIpc) is 2.75. The molecule has 3 heterocycles. The van der Waals surface area contributed by atoms with Crippen LogP contribution in [0.1, 0.15) is 44.9 Å². The molecule has 0 amide bonds. The van der Waals surface area contributed by atoms with Crippen molar-refractivity contribution in [2.45, 2.75) is 59.7 Å². The van der Waals surface area contributed by atoms with Crippen molar-refractivity contribution in [2.24, 2.45) is 0 Å². The summed E-state index contributed by atoms with van der Waals surface area (Å²) in [5, 5.41) is 0. The predicted octanol–water partition coefficient (Wildman–Crippen LogP) is 4.35. The number of H-pyrrole nitrogens is 1. The van der Waals surface area contributed by atoms with E-state index in [2.05, 4.69) is 53.2 Å². The fourth-order valence-corrected chi connectivity index (χ4v) is 3.73. The van der Waals surface area contributed by atoms with Crippen molar-refractivity contribution in [3.8, 4) is 0 Å². The summed E-state index contributed by atoms with van der Waals surface area (Å²) in [7, 11) is 0. The zero-order valence-corrected chi connectivity index (χ0v) is 15.3. The normalized spacial score (nSPS) is 18.2. The molecule has 1 aliphatic rings. The third kappa shape index (κ3) is 3.00. The summed E-state index contributed by atoms with van der Waals surface area (Å²) in [6, 6.07) is 0.443. The lowest BCUT2D eigenvalue weighted by Gasteiger charge is -2.26. The summed E-state index contributed by atoms with van der Waals surface area (Å²) in [5.41, 5.74) is 6.25. The van der Waals surface area contributed by atoms with E-state index in [9.17, 15) is 0 Å². The first-order chi connectivity index (χ1) is 11.0. The highest BCUT2D eigenvalue weighted by Crippen LogP contribution is 2.27. The third-order valence-electron chi connectivity index (χ3n) is 5.08. The van der Waals surface area contributed by atoms with E-state index in [1.807, 2.05) is 6.20 Å². The van der Waals surface area contributed by atoms with Crippen molar-refractivity contribution in [3.05, 3.63) is 33.9 Å². The van der Waals surface area contributed by atoms with Crippen LogP contribution in [0.25, 0.3) is 11.0 Å². The Morgan fingerprint density at radius 1 is 1.43 bits per heavy atom. The highest BCUT2D eigenvalue weighted by Gasteiger charge is 2.24. The Morgan fingerprint density at radius 3 is 2.87 bits per heavy atom. The van der Waals surface area contributed by atoms with E-state index in [0.29, 0.717) is 6.04 Å². The van der Waals surface area contributed by atoms with E-state index in [1.165, 1.54) is 16.7 Å². The quantitative estimate of drug-likeness (QED) is 0.669. The average molecular weight is 331 g/mol. The van der Waals surface area contributed by atoms with Gasteiger partial charge in [-0.15, -0.1) is 0 Å². The largest absolute Gasteiger partial charge is 0.329 e. The van der Waals surface area contributed by atoms with Gasteiger partial charge >= 0.3 is 0 Å². The number of hydrogen-bond acceptors (Lipinski definition) is 3. The van der Waals surface area contributed by atoms with Crippen LogP contribution >= 0.6 is 12.2 Å². The Balaban J connectivity index is 2.01. The number of allylic oxidation sites excluding steroid dienone is 1. The maximum Gasteiger partial charge on any atom is 0.178 e. The van der Waals surface area contributed by atoms with Gasteiger partial charge in [-0.1, -0.05) is 25.5 Å². The lowest BCUT2D eigenvalue weighted by atomic mass is 10.1. The summed E-state index contributed by atoms with van der Waals surface area (Å²) in [6.07, 6.45) is 6.59. The molecule has 4 nitrogen and oxygen atoms in total. The second kappa shape index (κ2) is 6.57. The first-order valence-corrected chi connectivity index (χ1v) is 8.94. The number of nitrogens with one attached hydrogen (secondary N) is 1. The second-order valence-corrected chi connectivity index (χ2v) is 6.86. The molecule has 0 saturated carbocycles. The Kier molecular flexibility index (Phi) is 4.69. The SMILES string of the molecule is CCC(=CCN1Cc2c(C)ncc3[nH]c(=S)n(c23)CC1C)CC. The highest BCUT2D eigenvalue weighted by molar-refractivity contribution is 7.71. The highest BCUT2D eigenvalue weighted by atomic mass is 32.1. The molecule has 0 radical (unpaired) electrons. The molecule has 1 unspecified atom stereocenters. The minimum atomic E-state index is 0.443. The molecule has 0 aromatic carbocycles. The van der Waals surface area contributed by atoms with Gasteiger partial charge in [-0.05, 0) is 38.9 Å². The number of imidazole rings is 1. The number of rotatable bonds is 4. The monoisotopic (exact) mass is 330 g/mol. The summed E-state index contributed by atoms with van der Waals surface area (Å²) in [5.74, 6) is 0. The molecular formula is C18H26N4S. The van der Waals surface area contributed by atoms with Gasteiger partial charge in [0.15, 0.2) is 4.77 Å². The van der Waals surface area contributed by atoms with Gasteiger partial charge in [0.2, 0.25) is 0 Å². The minimum absolute atomic E-state index is 0.443. The molecule has 5 heteroatoms. The van der Waals surface area contributed by atoms with E-state index in [-0.39, 0.29) is 0 Å². The molecule has 0 fully saturated rings. The molecular weight excluding hydrogens is 304 g/mol. The van der Waals surface area contributed by atoms with Gasteiger partial charge in [0.25, 0.3) is 0 Å². The van der Waals surface area contributed by atoms with Crippen molar-refractivity contribution in [3.63, 3.8) is 0 Å². The Hall–Kier alpha value is -1.46. The maximum absolute atomic E-state index is 5.53. The van der Waals surface area contributed by atoms with Gasteiger partial charge in [-0.25, -0.2) is 0 Å². The second-order valence-electron chi connectivity index (χ2n) is 6.47. The van der Waals surface area contributed by atoms with Crippen molar-refractivity contribution >= 4 is 23.3 Å². The van der Waals surface area contributed by atoms with Gasteiger partial charge in [0, 0.05) is 36.9 Å². The van der Waals surface area contributed by atoms with Gasteiger partial charge in [-0.3, -0.25) is 9.88 Å². The Bertz CT molecular complexity index is 793. The van der Waals surface area contributed by atoms with Crippen LogP contribution in [0.3, 0.4) is 0 Å².